The molecular formula is C18H19N3O2. The van der Waals surface area contributed by atoms with Crippen molar-refractivity contribution in [2.24, 2.45) is 0 Å². The van der Waals surface area contributed by atoms with Crippen molar-refractivity contribution in [2.45, 2.75) is 13.8 Å². The van der Waals surface area contributed by atoms with Gasteiger partial charge in [-0.2, -0.15) is 0 Å². The zero-order valence-electron chi connectivity index (χ0n) is 13.2. The standard InChI is InChI=1S/C18H19N3O2/c1-12-3-6-14(7-4-12)16-17(18(23)19-9-10-22)21-11-13(2)5-8-15(21)20-16/h3-8,11,22H,9-10H2,1-2H3,(H,19,23). The normalized spacial score (nSPS) is 10.9. The van der Waals surface area contributed by atoms with Gasteiger partial charge < -0.3 is 10.4 Å². The molecule has 0 aliphatic carbocycles. The molecule has 118 valence electrons. The first-order valence-corrected chi connectivity index (χ1v) is 7.55. The van der Waals surface area contributed by atoms with E-state index in [1.54, 1.807) is 4.40 Å². The van der Waals surface area contributed by atoms with Crippen LogP contribution in [0.15, 0.2) is 42.6 Å². The molecule has 2 N–H and O–H groups in total. The van der Waals surface area contributed by atoms with E-state index in [-0.39, 0.29) is 19.1 Å². The molecule has 0 aliphatic heterocycles. The van der Waals surface area contributed by atoms with Gasteiger partial charge in [0.25, 0.3) is 5.91 Å². The van der Waals surface area contributed by atoms with Gasteiger partial charge in [0.1, 0.15) is 17.0 Å². The number of rotatable bonds is 4. The molecule has 0 fully saturated rings. The molecule has 3 rings (SSSR count). The largest absolute Gasteiger partial charge is 0.395 e. The van der Waals surface area contributed by atoms with Crippen molar-refractivity contribution in [1.82, 2.24) is 14.7 Å². The highest BCUT2D eigenvalue weighted by atomic mass is 16.3. The van der Waals surface area contributed by atoms with Gasteiger partial charge in [0.15, 0.2) is 0 Å². The van der Waals surface area contributed by atoms with Crippen LogP contribution in [0.4, 0.5) is 0 Å². The van der Waals surface area contributed by atoms with E-state index < -0.39 is 0 Å². The Hall–Kier alpha value is -2.66. The minimum atomic E-state index is -0.243. The number of benzene rings is 1. The summed E-state index contributed by atoms with van der Waals surface area (Å²) in [6.45, 7) is 4.11. The third kappa shape index (κ3) is 2.96. The van der Waals surface area contributed by atoms with Crippen LogP contribution in [0.25, 0.3) is 16.9 Å². The van der Waals surface area contributed by atoms with Crippen LogP contribution in [0.5, 0.6) is 0 Å². The second-order valence-electron chi connectivity index (χ2n) is 5.59. The Labute approximate surface area is 134 Å². The Kier molecular flexibility index (Phi) is 4.12. The molecule has 0 atom stereocenters. The van der Waals surface area contributed by atoms with Gasteiger partial charge in [0, 0.05) is 18.3 Å². The summed E-state index contributed by atoms with van der Waals surface area (Å²) in [5.74, 6) is -0.243. The Morgan fingerprint density at radius 1 is 1.13 bits per heavy atom. The van der Waals surface area contributed by atoms with Crippen LogP contribution in [-0.4, -0.2) is 33.6 Å². The maximum Gasteiger partial charge on any atom is 0.270 e. The summed E-state index contributed by atoms with van der Waals surface area (Å²) in [6.07, 6.45) is 1.90. The maximum atomic E-state index is 12.6. The molecule has 2 aromatic heterocycles. The van der Waals surface area contributed by atoms with Crippen LogP contribution >= 0.6 is 0 Å². The number of fused-ring (bicyclic) bond motifs is 1. The average Bonchev–Trinajstić information content (AvgIpc) is 2.91. The number of hydrogen-bond donors (Lipinski definition) is 2. The van der Waals surface area contributed by atoms with Gasteiger partial charge in [-0.15, -0.1) is 0 Å². The molecule has 0 saturated heterocycles. The summed E-state index contributed by atoms with van der Waals surface area (Å²) < 4.78 is 1.80. The number of amides is 1. The lowest BCUT2D eigenvalue weighted by molar-refractivity contribution is 0.0939. The first kappa shape index (κ1) is 15.2. The van der Waals surface area contributed by atoms with E-state index in [1.165, 1.54) is 0 Å². The van der Waals surface area contributed by atoms with Crippen LogP contribution < -0.4 is 5.32 Å². The summed E-state index contributed by atoms with van der Waals surface area (Å²) in [5.41, 5.74) is 4.94. The molecule has 0 unspecified atom stereocenters. The lowest BCUT2D eigenvalue weighted by atomic mass is 10.1. The van der Waals surface area contributed by atoms with Crippen LogP contribution in [0.3, 0.4) is 0 Å². The van der Waals surface area contributed by atoms with Crippen LogP contribution in [-0.2, 0) is 0 Å². The molecule has 3 aromatic rings. The third-order valence-corrected chi connectivity index (χ3v) is 3.70. The number of hydrogen-bond acceptors (Lipinski definition) is 3. The molecule has 0 aliphatic rings. The minimum absolute atomic E-state index is 0.0959. The zero-order chi connectivity index (χ0) is 16.4. The first-order chi connectivity index (χ1) is 11.1. The third-order valence-electron chi connectivity index (χ3n) is 3.70. The molecule has 1 aromatic carbocycles. The fourth-order valence-corrected chi connectivity index (χ4v) is 2.53. The predicted octanol–water partition coefficient (Wildman–Crippen LogP) is 2.34. The van der Waals surface area contributed by atoms with Crippen molar-refractivity contribution in [3.63, 3.8) is 0 Å². The van der Waals surface area contributed by atoms with Crippen molar-refractivity contribution in [1.29, 1.82) is 0 Å². The van der Waals surface area contributed by atoms with Gasteiger partial charge >= 0.3 is 0 Å². The van der Waals surface area contributed by atoms with Crippen molar-refractivity contribution in [3.05, 3.63) is 59.4 Å². The molecule has 0 spiro atoms. The monoisotopic (exact) mass is 309 g/mol. The van der Waals surface area contributed by atoms with Gasteiger partial charge in [-0.05, 0) is 25.5 Å². The highest BCUT2D eigenvalue weighted by Gasteiger charge is 2.20. The number of aromatic nitrogens is 2. The van der Waals surface area contributed by atoms with Crippen molar-refractivity contribution >= 4 is 11.6 Å². The second-order valence-corrected chi connectivity index (χ2v) is 5.59. The van der Waals surface area contributed by atoms with Gasteiger partial charge in [-0.1, -0.05) is 35.9 Å². The number of pyridine rings is 1. The van der Waals surface area contributed by atoms with Gasteiger partial charge in [-0.25, -0.2) is 4.98 Å². The maximum absolute atomic E-state index is 12.6. The van der Waals surface area contributed by atoms with E-state index in [1.807, 2.05) is 56.4 Å². The summed E-state index contributed by atoms with van der Waals surface area (Å²) in [7, 11) is 0. The minimum Gasteiger partial charge on any atom is -0.395 e. The molecule has 2 heterocycles. The fraction of sp³-hybridized carbons (Fsp3) is 0.222. The highest BCUT2D eigenvalue weighted by Crippen LogP contribution is 2.25. The number of aryl methyl sites for hydroxylation is 2. The molecule has 0 radical (unpaired) electrons. The van der Waals surface area contributed by atoms with Crippen molar-refractivity contribution in [2.75, 3.05) is 13.2 Å². The average molecular weight is 309 g/mol. The fourth-order valence-electron chi connectivity index (χ4n) is 2.53. The quantitative estimate of drug-likeness (QED) is 0.777. The van der Waals surface area contributed by atoms with E-state index in [2.05, 4.69) is 10.3 Å². The number of nitrogens with zero attached hydrogens (tertiary/aromatic N) is 2. The number of aliphatic hydroxyl groups is 1. The van der Waals surface area contributed by atoms with Crippen LogP contribution in [0, 0.1) is 13.8 Å². The number of carbonyl (C=O) groups is 1. The Morgan fingerprint density at radius 2 is 1.83 bits per heavy atom. The molecule has 0 bridgehead atoms. The summed E-state index contributed by atoms with van der Waals surface area (Å²) >= 11 is 0. The molecule has 5 nitrogen and oxygen atoms in total. The number of imidazole rings is 1. The number of carbonyl (C=O) groups excluding carboxylic acids is 1. The molecular weight excluding hydrogens is 290 g/mol. The van der Waals surface area contributed by atoms with E-state index in [0.717, 1.165) is 22.3 Å². The number of nitrogens with one attached hydrogen (secondary N) is 1. The summed E-state index contributed by atoms with van der Waals surface area (Å²) in [5, 5.41) is 11.7. The molecule has 23 heavy (non-hydrogen) atoms. The SMILES string of the molecule is Cc1ccc(-c2nc3ccc(C)cn3c2C(=O)NCCO)cc1. The van der Waals surface area contributed by atoms with Crippen molar-refractivity contribution < 1.29 is 9.90 Å². The Balaban J connectivity index is 2.19. The topological polar surface area (TPSA) is 66.6 Å². The van der Waals surface area contributed by atoms with Crippen LogP contribution in [0.1, 0.15) is 21.6 Å². The van der Waals surface area contributed by atoms with E-state index in [0.29, 0.717) is 11.4 Å². The smallest absolute Gasteiger partial charge is 0.270 e. The summed E-state index contributed by atoms with van der Waals surface area (Å²) in [4.78, 5) is 17.2. The first-order valence-electron chi connectivity index (χ1n) is 7.55. The molecule has 5 heteroatoms. The van der Waals surface area contributed by atoms with Gasteiger partial charge in [0.05, 0.1) is 6.61 Å². The van der Waals surface area contributed by atoms with E-state index in [4.69, 9.17) is 5.11 Å². The van der Waals surface area contributed by atoms with Crippen molar-refractivity contribution in [3.8, 4) is 11.3 Å². The molecule has 0 saturated carbocycles. The van der Waals surface area contributed by atoms with Crippen LogP contribution in [0.2, 0.25) is 0 Å². The lowest BCUT2D eigenvalue weighted by Crippen LogP contribution is -2.28. The molecule has 1 amide bonds. The second kappa shape index (κ2) is 6.22. The Morgan fingerprint density at radius 3 is 2.52 bits per heavy atom. The predicted molar refractivity (Wildman–Crippen MR) is 89.5 cm³/mol. The van der Waals surface area contributed by atoms with E-state index in [9.17, 15) is 4.79 Å². The van der Waals surface area contributed by atoms with Gasteiger partial charge in [-0.3, -0.25) is 9.20 Å². The zero-order valence-corrected chi connectivity index (χ0v) is 13.2. The number of aliphatic hydroxyl groups excluding tert-OH is 1. The van der Waals surface area contributed by atoms with E-state index >= 15 is 0 Å². The highest BCUT2D eigenvalue weighted by molar-refractivity contribution is 5.99. The van der Waals surface area contributed by atoms with Gasteiger partial charge in [0.2, 0.25) is 0 Å². The Bertz CT molecular complexity index is 851. The summed E-state index contributed by atoms with van der Waals surface area (Å²) in [6, 6.07) is 11.8. The lowest BCUT2D eigenvalue weighted by Gasteiger charge is -2.07.